The second-order valence-corrected chi connectivity index (χ2v) is 9.18. The maximum absolute atomic E-state index is 13.1. The van der Waals surface area contributed by atoms with Crippen molar-refractivity contribution in [3.8, 4) is 34.0 Å². The molecule has 0 atom stereocenters. The van der Waals surface area contributed by atoms with Crippen molar-refractivity contribution < 1.29 is 14.3 Å². The highest BCUT2D eigenvalue weighted by Crippen LogP contribution is 2.40. The lowest BCUT2D eigenvalue weighted by Gasteiger charge is -2.11. The second-order valence-electron chi connectivity index (χ2n) is 8.34. The minimum atomic E-state index is -0.619. The van der Waals surface area contributed by atoms with Gasteiger partial charge in [-0.05, 0) is 29.8 Å². The van der Waals surface area contributed by atoms with Gasteiger partial charge in [0, 0.05) is 27.1 Å². The maximum atomic E-state index is 13.1. The molecule has 0 aliphatic carbocycles. The van der Waals surface area contributed by atoms with Crippen molar-refractivity contribution in [3.05, 3.63) is 87.1 Å². The Morgan fingerprint density at radius 1 is 1.09 bits per heavy atom. The molecule has 0 saturated heterocycles. The summed E-state index contributed by atoms with van der Waals surface area (Å²) in [5.74, 6) is -1.08. The number of benzene rings is 2. The van der Waals surface area contributed by atoms with Crippen LogP contribution < -0.4 is 5.69 Å². The van der Waals surface area contributed by atoms with Crippen LogP contribution in [0.5, 0.6) is 5.88 Å². The Balaban J connectivity index is 1.90. The summed E-state index contributed by atoms with van der Waals surface area (Å²) in [4.78, 5) is 32.8. The van der Waals surface area contributed by atoms with Crippen LogP contribution in [0, 0.1) is 5.92 Å². The van der Waals surface area contributed by atoms with E-state index in [2.05, 4.69) is 4.98 Å². The molecule has 5 rings (SSSR count). The van der Waals surface area contributed by atoms with E-state index in [1.54, 1.807) is 38.1 Å². The molecule has 9 heteroatoms. The molecular formula is C26H19Cl2N3O4. The van der Waals surface area contributed by atoms with Crippen LogP contribution in [-0.2, 0) is 0 Å². The first-order chi connectivity index (χ1) is 16.7. The van der Waals surface area contributed by atoms with E-state index in [0.717, 1.165) is 10.1 Å². The molecule has 0 unspecified atom stereocenters. The highest BCUT2D eigenvalue weighted by Gasteiger charge is 2.28. The SMILES string of the molecule is CC(C)C(=O)c1oc2nc(-c3ccccc3Cl)c(-c3ccc(Cl)cc3)cc2c1-n1cc(O)[nH]c1=O. The van der Waals surface area contributed by atoms with E-state index in [-0.39, 0.29) is 28.8 Å². The first kappa shape index (κ1) is 23.0. The van der Waals surface area contributed by atoms with Crippen molar-refractivity contribution in [1.82, 2.24) is 14.5 Å². The van der Waals surface area contributed by atoms with Gasteiger partial charge in [-0.15, -0.1) is 0 Å². The molecule has 0 bridgehead atoms. The number of aromatic hydroxyl groups is 1. The number of pyridine rings is 1. The molecular weight excluding hydrogens is 489 g/mol. The standard InChI is InChI=1S/C26H19Cl2N3O4/c1-13(2)23(33)24-22(31-12-20(32)29-26(31)34)18-11-17(14-7-9-15(27)10-8-14)21(30-25(18)35-24)16-5-3-4-6-19(16)28/h3-13,32H,1-2H3,(H,29,34). The normalized spacial score (nSPS) is 11.5. The Bertz CT molecular complexity index is 1650. The molecule has 35 heavy (non-hydrogen) atoms. The Hall–Kier alpha value is -3.81. The van der Waals surface area contributed by atoms with Crippen LogP contribution in [0.25, 0.3) is 39.2 Å². The maximum Gasteiger partial charge on any atom is 0.333 e. The van der Waals surface area contributed by atoms with Crippen molar-refractivity contribution in [3.63, 3.8) is 0 Å². The summed E-state index contributed by atoms with van der Waals surface area (Å²) in [6, 6.07) is 16.3. The molecule has 5 aromatic rings. The predicted octanol–water partition coefficient (Wildman–Crippen LogP) is 6.49. The topological polar surface area (TPSA) is 101 Å². The molecule has 0 amide bonds. The number of hydrogen-bond acceptors (Lipinski definition) is 5. The summed E-state index contributed by atoms with van der Waals surface area (Å²) >= 11 is 12.6. The summed E-state index contributed by atoms with van der Waals surface area (Å²) in [5.41, 5.74) is 2.45. The molecule has 0 aliphatic rings. The number of H-pyrrole nitrogens is 1. The zero-order valence-corrected chi connectivity index (χ0v) is 20.2. The molecule has 3 heterocycles. The lowest BCUT2D eigenvalue weighted by molar-refractivity contribution is 0.0913. The van der Waals surface area contributed by atoms with Crippen LogP contribution in [0.15, 0.2) is 70.0 Å². The Morgan fingerprint density at radius 2 is 1.80 bits per heavy atom. The molecule has 7 nitrogen and oxygen atoms in total. The lowest BCUT2D eigenvalue weighted by Crippen LogP contribution is -2.17. The van der Waals surface area contributed by atoms with Gasteiger partial charge in [-0.1, -0.05) is 67.4 Å². The molecule has 2 N–H and O–H groups in total. The number of rotatable bonds is 5. The number of carbonyl (C=O) groups excluding carboxylic acids is 1. The Labute approximate surface area is 209 Å². The fraction of sp³-hybridized carbons (Fsp3) is 0.115. The number of aromatic amines is 1. The number of imidazole rings is 1. The van der Waals surface area contributed by atoms with Crippen molar-refractivity contribution in [1.29, 1.82) is 0 Å². The number of ketones is 1. The quantitative estimate of drug-likeness (QED) is 0.264. The molecule has 0 fully saturated rings. The number of carbonyl (C=O) groups is 1. The highest BCUT2D eigenvalue weighted by molar-refractivity contribution is 6.33. The first-order valence-corrected chi connectivity index (χ1v) is 11.5. The smallest absolute Gasteiger partial charge is 0.333 e. The summed E-state index contributed by atoms with van der Waals surface area (Å²) in [5, 5.41) is 11.4. The van der Waals surface area contributed by atoms with Gasteiger partial charge < -0.3 is 9.52 Å². The van der Waals surface area contributed by atoms with Crippen LogP contribution in [0.3, 0.4) is 0 Å². The largest absolute Gasteiger partial charge is 0.493 e. The number of Topliss-reactive ketones (excluding diaryl/α,β-unsaturated/α-hetero) is 1. The Morgan fingerprint density at radius 3 is 2.43 bits per heavy atom. The van der Waals surface area contributed by atoms with Crippen LogP contribution in [0.1, 0.15) is 24.4 Å². The third kappa shape index (κ3) is 4.03. The van der Waals surface area contributed by atoms with Gasteiger partial charge >= 0.3 is 5.69 Å². The van der Waals surface area contributed by atoms with E-state index < -0.39 is 11.6 Å². The monoisotopic (exact) mass is 507 g/mol. The second kappa shape index (κ2) is 8.76. The number of hydrogen-bond donors (Lipinski definition) is 2. The number of halogens is 2. The number of fused-ring (bicyclic) bond motifs is 1. The number of aromatic nitrogens is 3. The summed E-state index contributed by atoms with van der Waals surface area (Å²) in [6.45, 7) is 3.47. The average molecular weight is 508 g/mol. The third-order valence-electron chi connectivity index (χ3n) is 5.63. The van der Waals surface area contributed by atoms with Crippen LogP contribution in [0.2, 0.25) is 10.0 Å². The van der Waals surface area contributed by atoms with Crippen LogP contribution >= 0.6 is 23.2 Å². The molecule has 176 valence electrons. The van der Waals surface area contributed by atoms with E-state index in [0.29, 0.717) is 32.3 Å². The molecule has 0 radical (unpaired) electrons. The molecule has 0 saturated carbocycles. The van der Waals surface area contributed by atoms with Crippen molar-refractivity contribution in [2.45, 2.75) is 13.8 Å². The summed E-state index contributed by atoms with van der Waals surface area (Å²) in [7, 11) is 0. The first-order valence-electron chi connectivity index (χ1n) is 10.8. The van der Waals surface area contributed by atoms with Gasteiger partial charge in [0.15, 0.2) is 5.76 Å². The van der Waals surface area contributed by atoms with Gasteiger partial charge in [0.2, 0.25) is 17.4 Å². The molecule has 0 aliphatic heterocycles. The third-order valence-corrected chi connectivity index (χ3v) is 6.22. The number of nitrogens with zero attached hydrogens (tertiary/aromatic N) is 2. The van der Waals surface area contributed by atoms with Crippen LogP contribution in [-0.4, -0.2) is 25.4 Å². The van der Waals surface area contributed by atoms with Crippen molar-refractivity contribution >= 4 is 40.1 Å². The minimum absolute atomic E-state index is 0.0260. The average Bonchev–Trinajstić information content (AvgIpc) is 3.36. The van der Waals surface area contributed by atoms with Gasteiger partial charge in [0.25, 0.3) is 0 Å². The molecule has 0 spiro atoms. The van der Waals surface area contributed by atoms with Gasteiger partial charge in [0.05, 0.1) is 17.3 Å². The number of nitrogens with one attached hydrogen (secondary N) is 1. The van der Waals surface area contributed by atoms with Gasteiger partial charge in [-0.25, -0.2) is 9.78 Å². The fourth-order valence-electron chi connectivity index (χ4n) is 3.94. The van der Waals surface area contributed by atoms with E-state index in [4.69, 9.17) is 32.6 Å². The molecule has 3 aromatic heterocycles. The summed E-state index contributed by atoms with van der Waals surface area (Å²) < 4.78 is 7.12. The minimum Gasteiger partial charge on any atom is -0.493 e. The highest BCUT2D eigenvalue weighted by atomic mass is 35.5. The zero-order valence-electron chi connectivity index (χ0n) is 18.7. The summed E-state index contributed by atoms with van der Waals surface area (Å²) in [6.07, 6.45) is 1.20. The van der Waals surface area contributed by atoms with Gasteiger partial charge in [-0.3, -0.25) is 14.3 Å². The van der Waals surface area contributed by atoms with E-state index in [1.807, 2.05) is 30.3 Å². The lowest BCUT2D eigenvalue weighted by atomic mass is 9.97. The van der Waals surface area contributed by atoms with E-state index >= 15 is 0 Å². The molecule has 2 aromatic carbocycles. The number of furan rings is 1. The van der Waals surface area contributed by atoms with Crippen LogP contribution in [0.4, 0.5) is 0 Å². The van der Waals surface area contributed by atoms with Crippen molar-refractivity contribution in [2.24, 2.45) is 5.92 Å². The van der Waals surface area contributed by atoms with Gasteiger partial charge in [-0.2, -0.15) is 0 Å². The van der Waals surface area contributed by atoms with E-state index in [1.165, 1.54) is 6.20 Å². The van der Waals surface area contributed by atoms with Crippen molar-refractivity contribution in [2.75, 3.05) is 0 Å². The predicted molar refractivity (Wildman–Crippen MR) is 136 cm³/mol. The van der Waals surface area contributed by atoms with E-state index in [9.17, 15) is 14.7 Å². The zero-order chi connectivity index (χ0) is 24.9. The van der Waals surface area contributed by atoms with Gasteiger partial charge in [0.1, 0.15) is 5.69 Å². The fourth-order valence-corrected chi connectivity index (χ4v) is 4.29. The Kier molecular flexibility index (Phi) is 5.75.